The van der Waals surface area contributed by atoms with E-state index in [1.54, 1.807) is 0 Å². The number of nitrogens with one attached hydrogen (secondary N) is 5. The van der Waals surface area contributed by atoms with Crippen LogP contribution in [0.3, 0.4) is 0 Å². The number of carbonyl (C=O) groups excluding carboxylic acids is 5. The molecule has 0 aromatic heterocycles. The Morgan fingerprint density at radius 3 is 1.40 bits per heavy atom. The zero-order chi connectivity index (χ0) is 32.1. The molecule has 9 N–H and O–H groups in total. The summed E-state index contributed by atoms with van der Waals surface area (Å²) in [5, 5.41) is 49.7. The predicted molar refractivity (Wildman–Crippen MR) is 148 cm³/mol. The molecule has 0 radical (unpaired) electrons. The van der Waals surface area contributed by atoms with E-state index in [0.29, 0.717) is 6.54 Å². The van der Waals surface area contributed by atoms with Crippen molar-refractivity contribution in [3.8, 4) is 0 Å². The number of carbonyl (C=O) groups is 7. The number of aliphatic hydroxyl groups is 2. The first-order valence-corrected chi connectivity index (χ1v) is 13.9. The number of amides is 5. The van der Waals surface area contributed by atoms with Crippen LogP contribution in [0, 0.1) is 0 Å². The third kappa shape index (κ3) is 18.5. The number of carboxylic acid groups (broad SMARTS) is 2. The molecule has 16 heteroatoms. The van der Waals surface area contributed by atoms with Crippen molar-refractivity contribution in [1.82, 2.24) is 26.6 Å². The Bertz CT molecular complexity index is 915. The molecule has 0 spiro atoms. The van der Waals surface area contributed by atoms with Gasteiger partial charge in [-0.2, -0.15) is 0 Å². The van der Waals surface area contributed by atoms with Crippen LogP contribution in [0.4, 0.5) is 0 Å². The van der Waals surface area contributed by atoms with Gasteiger partial charge in [-0.05, 0) is 32.1 Å². The van der Waals surface area contributed by atoms with Crippen molar-refractivity contribution in [2.45, 2.75) is 102 Å². The first-order chi connectivity index (χ1) is 19.8. The van der Waals surface area contributed by atoms with Crippen LogP contribution in [0.2, 0.25) is 0 Å². The van der Waals surface area contributed by atoms with Gasteiger partial charge in [0.2, 0.25) is 29.5 Å². The number of hydrogen-bond acceptors (Lipinski definition) is 9. The summed E-state index contributed by atoms with van der Waals surface area (Å²) in [6.07, 6.45) is 0.739. The topological polar surface area (TPSA) is 261 Å². The summed E-state index contributed by atoms with van der Waals surface area (Å²) >= 11 is 0. The van der Waals surface area contributed by atoms with Gasteiger partial charge in [-0.25, -0.2) is 9.59 Å². The van der Waals surface area contributed by atoms with Gasteiger partial charge in [0.1, 0.15) is 12.1 Å². The molecule has 0 heterocycles. The highest BCUT2D eigenvalue weighted by Crippen LogP contribution is 2.05. The first-order valence-electron chi connectivity index (χ1n) is 13.9. The van der Waals surface area contributed by atoms with Gasteiger partial charge in [-0.1, -0.05) is 13.3 Å². The SMILES string of the molecule is CCCCNC(=O)CC[C@@H](CO)NC(=O)CC[C@H](NC(=O)CC[C@@H](CO)NC(=O)CC[C@H](NC(C)=O)C(=O)O)C(=O)O. The summed E-state index contributed by atoms with van der Waals surface area (Å²) in [7, 11) is 0. The highest BCUT2D eigenvalue weighted by Gasteiger charge is 2.24. The molecule has 0 aliphatic carbocycles. The van der Waals surface area contributed by atoms with Gasteiger partial charge in [0.05, 0.1) is 25.3 Å². The Hall–Kier alpha value is -3.79. The van der Waals surface area contributed by atoms with Gasteiger partial charge in [0, 0.05) is 39.2 Å². The van der Waals surface area contributed by atoms with Crippen molar-refractivity contribution >= 4 is 41.5 Å². The van der Waals surface area contributed by atoms with Crippen LogP contribution in [0.5, 0.6) is 0 Å². The van der Waals surface area contributed by atoms with E-state index < -0.39 is 72.9 Å². The molecular weight excluding hydrogens is 558 g/mol. The lowest BCUT2D eigenvalue weighted by Gasteiger charge is -2.19. The number of rotatable bonds is 23. The van der Waals surface area contributed by atoms with E-state index >= 15 is 0 Å². The minimum Gasteiger partial charge on any atom is -0.480 e. The second kappa shape index (κ2) is 21.9. The van der Waals surface area contributed by atoms with Gasteiger partial charge in [0.15, 0.2) is 0 Å². The molecule has 4 atom stereocenters. The van der Waals surface area contributed by atoms with E-state index in [2.05, 4.69) is 26.6 Å². The molecule has 0 saturated carbocycles. The molecule has 0 rings (SSSR count). The normalized spacial score (nSPS) is 13.5. The molecular formula is C26H45N5O11. The second-order valence-electron chi connectivity index (χ2n) is 9.80. The average Bonchev–Trinajstić information content (AvgIpc) is 2.92. The second-order valence-corrected chi connectivity index (χ2v) is 9.80. The molecule has 0 unspecified atom stereocenters. The summed E-state index contributed by atoms with van der Waals surface area (Å²) < 4.78 is 0. The fourth-order valence-corrected chi connectivity index (χ4v) is 3.70. The van der Waals surface area contributed by atoms with Crippen LogP contribution in [0.1, 0.15) is 78.1 Å². The molecule has 0 aromatic rings. The van der Waals surface area contributed by atoms with E-state index in [0.717, 1.165) is 19.8 Å². The van der Waals surface area contributed by atoms with Crippen molar-refractivity contribution in [3.05, 3.63) is 0 Å². The van der Waals surface area contributed by atoms with Crippen molar-refractivity contribution < 1.29 is 54.0 Å². The third-order valence-corrected chi connectivity index (χ3v) is 6.09. The summed E-state index contributed by atoms with van der Waals surface area (Å²) in [6, 6.07) is -4.23. The highest BCUT2D eigenvalue weighted by atomic mass is 16.4. The Balaban J connectivity index is 4.62. The number of aliphatic hydroxyl groups excluding tert-OH is 2. The Labute approximate surface area is 244 Å². The van der Waals surface area contributed by atoms with Crippen molar-refractivity contribution in [1.29, 1.82) is 0 Å². The van der Waals surface area contributed by atoms with Crippen molar-refractivity contribution in [2.24, 2.45) is 0 Å². The summed E-state index contributed by atoms with van der Waals surface area (Å²) in [6.45, 7) is 2.72. The minimum absolute atomic E-state index is 0.0564. The summed E-state index contributed by atoms with van der Waals surface area (Å²) in [4.78, 5) is 82.4. The van der Waals surface area contributed by atoms with Crippen molar-refractivity contribution in [3.63, 3.8) is 0 Å². The van der Waals surface area contributed by atoms with E-state index in [9.17, 15) is 48.9 Å². The van der Waals surface area contributed by atoms with Gasteiger partial charge in [-0.3, -0.25) is 24.0 Å². The Kier molecular flexibility index (Phi) is 19.9. The molecule has 5 amide bonds. The summed E-state index contributed by atoms with van der Waals surface area (Å²) in [5.41, 5.74) is 0. The minimum atomic E-state index is -1.40. The zero-order valence-electron chi connectivity index (χ0n) is 24.1. The maximum atomic E-state index is 12.3. The van der Waals surface area contributed by atoms with E-state index in [4.69, 9.17) is 5.11 Å². The molecule has 0 aliphatic heterocycles. The number of hydrogen-bond donors (Lipinski definition) is 9. The third-order valence-electron chi connectivity index (χ3n) is 6.09. The predicted octanol–water partition coefficient (Wildman–Crippen LogP) is -1.86. The summed E-state index contributed by atoms with van der Waals surface area (Å²) in [5.74, 6) is -5.34. The lowest BCUT2D eigenvalue weighted by molar-refractivity contribution is -0.142. The standard InChI is InChI=1S/C26H45N5O11/c1-3-4-13-27-21(35)9-5-17(14-32)29-23(37)12-8-20(26(41)42)31-24(38)10-6-18(15-33)30-22(36)11-7-19(25(39)40)28-16(2)34/h17-20,32-33H,3-15H2,1-2H3,(H,27,35)(H,28,34)(H,29,37)(H,30,36)(H,31,38)(H,39,40)(H,41,42)/t17-,18-,19-,20-/m0/s1. The number of unbranched alkanes of at least 4 members (excludes halogenated alkanes) is 1. The van der Waals surface area contributed by atoms with Crippen LogP contribution in [0.25, 0.3) is 0 Å². The molecule has 42 heavy (non-hydrogen) atoms. The molecule has 16 nitrogen and oxygen atoms in total. The molecule has 0 aliphatic rings. The van der Waals surface area contributed by atoms with E-state index in [-0.39, 0.29) is 57.3 Å². The maximum absolute atomic E-state index is 12.3. The Morgan fingerprint density at radius 2 is 1.00 bits per heavy atom. The lowest BCUT2D eigenvalue weighted by atomic mass is 10.1. The van der Waals surface area contributed by atoms with Crippen LogP contribution < -0.4 is 26.6 Å². The van der Waals surface area contributed by atoms with Gasteiger partial charge < -0.3 is 47.0 Å². The molecule has 0 saturated heterocycles. The zero-order valence-corrected chi connectivity index (χ0v) is 24.1. The molecule has 0 fully saturated rings. The average molecular weight is 604 g/mol. The first kappa shape index (κ1) is 38.2. The lowest BCUT2D eigenvalue weighted by Crippen LogP contribution is -2.44. The van der Waals surface area contributed by atoms with Gasteiger partial charge in [-0.15, -0.1) is 0 Å². The molecule has 0 bridgehead atoms. The monoisotopic (exact) mass is 603 g/mol. The van der Waals surface area contributed by atoms with Crippen LogP contribution in [0.15, 0.2) is 0 Å². The molecule has 240 valence electrons. The smallest absolute Gasteiger partial charge is 0.326 e. The van der Waals surface area contributed by atoms with Crippen LogP contribution >= 0.6 is 0 Å². The van der Waals surface area contributed by atoms with Crippen LogP contribution in [-0.2, 0) is 33.6 Å². The fourth-order valence-electron chi connectivity index (χ4n) is 3.70. The quantitative estimate of drug-likeness (QED) is 0.0585. The van der Waals surface area contributed by atoms with Crippen LogP contribution in [-0.4, -0.2) is 106 Å². The highest BCUT2D eigenvalue weighted by molar-refractivity contribution is 5.85. The maximum Gasteiger partial charge on any atom is 0.326 e. The van der Waals surface area contributed by atoms with Gasteiger partial charge >= 0.3 is 11.9 Å². The Morgan fingerprint density at radius 1 is 0.595 bits per heavy atom. The van der Waals surface area contributed by atoms with E-state index in [1.807, 2.05) is 6.92 Å². The molecule has 0 aromatic carbocycles. The van der Waals surface area contributed by atoms with Crippen molar-refractivity contribution in [2.75, 3.05) is 19.8 Å². The fraction of sp³-hybridized carbons (Fsp3) is 0.731. The largest absolute Gasteiger partial charge is 0.480 e. The number of aliphatic carboxylic acids is 2. The van der Waals surface area contributed by atoms with Gasteiger partial charge in [0.25, 0.3) is 0 Å². The number of carboxylic acids is 2. The van der Waals surface area contributed by atoms with E-state index in [1.165, 1.54) is 0 Å².